The number of H-pyrrole nitrogens is 1. The van der Waals surface area contributed by atoms with Gasteiger partial charge in [0, 0.05) is 17.1 Å². The van der Waals surface area contributed by atoms with Crippen molar-refractivity contribution in [2.24, 2.45) is 5.73 Å². The Kier molecular flexibility index (Phi) is 4.12. The number of rotatable bonds is 2. The number of fused-ring (bicyclic) bond motifs is 1. The predicted molar refractivity (Wildman–Crippen MR) is 61.6 cm³/mol. The Morgan fingerprint density at radius 1 is 1.28 bits per heavy atom. The standard InChI is InChI=1S/C11H10N2O2.CO2/c1-6-2-3-7-8(10(14)11(12)15)5-13-9(7)4-6;2-1-3/h2-5,13H,1H3,(H2,12,15);. The van der Waals surface area contributed by atoms with E-state index in [0.29, 0.717) is 5.56 Å². The molecule has 0 bridgehead atoms. The van der Waals surface area contributed by atoms with E-state index in [-0.39, 0.29) is 6.15 Å². The van der Waals surface area contributed by atoms with Gasteiger partial charge in [0.15, 0.2) is 0 Å². The van der Waals surface area contributed by atoms with Crippen molar-refractivity contribution < 1.29 is 19.2 Å². The number of aromatic nitrogens is 1. The summed E-state index contributed by atoms with van der Waals surface area (Å²) >= 11 is 0. The summed E-state index contributed by atoms with van der Waals surface area (Å²) in [6.45, 7) is 1.95. The van der Waals surface area contributed by atoms with Crippen LogP contribution in [0.25, 0.3) is 10.9 Å². The second-order valence-electron chi connectivity index (χ2n) is 3.53. The Bertz CT molecular complexity index is 637. The summed E-state index contributed by atoms with van der Waals surface area (Å²) in [5, 5.41) is 0.726. The molecular weight excluding hydrogens is 236 g/mol. The van der Waals surface area contributed by atoms with Gasteiger partial charge in [-0.3, -0.25) is 9.59 Å². The first-order valence-electron chi connectivity index (χ1n) is 4.92. The largest absolute Gasteiger partial charge is 0.373 e. The number of nitrogens with two attached hydrogens (primary N) is 1. The quantitative estimate of drug-likeness (QED) is 0.595. The van der Waals surface area contributed by atoms with Gasteiger partial charge in [-0.05, 0) is 18.6 Å². The van der Waals surface area contributed by atoms with E-state index < -0.39 is 11.7 Å². The number of benzene rings is 1. The number of hydrogen-bond donors (Lipinski definition) is 2. The third kappa shape index (κ3) is 2.69. The molecule has 0 aliphatic heterocycles. The van der Waals surface area contributed by atoms with Gasteiger partial charge >= 0.3 is 6.15 Å². The Morgan fingerprint density at radius 3 is 2.44 bits per heavy atom. The minimum atomic E-state index is -0.934. The molecular formula is C12H10N2O4. The fraction of sp³-hybridized carbons (Fsp3) is 0.0833. The highest BCUT2D eigenvalue weighted by molar-refractivity contribution is 6.44. The highest BCUT2D eigenvalue weighted by atomic mass is 16.2. The first-order valence-corrected chi connectivity index (χ1v) is 4.92. The Morgan fingerprint density at radius 2 is 1.89 bits per heavy atom. The van der Waals surface area contributed by atoms with Crippen molar-refractivity contribution in [1.29, 1.82) is 0 Å². The number of aryl methyl sites for hydroxylation is 1. The molecule has 1 heterocycles. The molecule has 1 aromatic heterocycles. The lowest BCUT2D eigenvalue weighted by molar-refractivity contribution is -0.191. The van der Waals surface area contributed by atoms with E-state index in [4.69, 9.17) is 15.3 Å². The molecule has 18 heavy (non-hydrogen) atoms. The molecule has 6 heteroatoms. The molecule has 1 aromatic carbocycles. The summed E-state index contributed by atoms with van der Waals surface area (Å²) in [4.78, 5) is 41.4. The summed E-state index contributed by atoms with van der Waals surface area (Å²) < 4.78 is 0. The molecule has 6 nitrogen and oxygen atoms in total. The van der Waals surface area contributed by atoms with Crippen molar-refractivity contribution in [3.63, 3.8) is 0 Å². The topological polar surface area (TPSA) is 110 Å². The molecule has 0 atom stereocenters. The smallest absolute Gasteiger partial charge is 0.363 e. The van der Waals surface area contributed by atoms with Crippen molar-refractivity contribution in [1.82, 2.24) is 4.98 Å². The Labute approximate surface area is 102 Å². The average Bonchev–Trinajstić information content (AvgIpc) is 2.71. The van der Waals surface area contributed by atoms with Crippen LogP contribution in [0.1, 0.15) is 15.9 Å². The lowest BCUT2D eigenvalue weighted by atomic mass is 10.1. The van der Waals surface area contributed by atoms with Crippen LogP contribution in [0, 0.1) is 6.92 Å². The van der Waals surface area contributed by atoms with Crippen molar-refractivity contribution in [2.75, 3.05) is 0 Å². The molecule has 2 aromatic rings. The van der Waals surface area contributed by atoms with Crippen LogP contribution in [0.5, 0.6) is 0 Å². The number of hydrogen-bond acceptors (Lipinski definition) is 4. The minimum absolute atomic E-state index is 0.250. The van der Waals surface area contributed by atoms with Gasteiger partial charge in [-0.25, -0.2) is 0 Å². The van der Waals surface area contributed by atoms with Gasteiger partial charge in [-0.1, -0.05) is 12.1 Å². The van der Waals surface area contributed by atoms with Gasteiger partial charge in [-0.2, -0.15) is 9.59 Å². The summed E-state index contributed by atoms with van der Waals surface area (Å²) in [7, 11) is 0. The number of aromatic amines is 1. The molecule has 0 fully saturated rings. The maximum atomic E-state index is 11.4. The van der Waals surface area contributed by atoms with Gasteiger partial charge in [0.05, 0.1) is 5.56 Å². The van der Waals surface area contributed by atoms with E-state index in [1.54, 1.807) is 6.07 Å². The third-order valence-corrected chi connectivity index (χ3v) is 2.31. The zero-order valence-corrected chi connectivity index (χ0v) is 9.52. The zero-order chi connectivity index (χ0) is 13.7. The fourth-order valence-corrected chi connectivity index (χ4v) is 1.56. The maximum Gasteiger partial charge on any atom is 0.373 e. The molecule has 0 unspecified atom stereocenters. The summed E-state index contributed by atoms with van der Waals surface area (Å²) in [6, 6.07) is 5.60. The van der Waals surface area contributed by atoms with Crippen LogP contribution in [0.4, 0.5) is 0 Å². The lowest BCUT2D eigenvalue weighted by Gasteiger charge is -1.95. The van der Waals surface area contributed by atoms with Crippen molar-refractivity contribution in [3.05, 3.63) is 35.5 Å². The highest BCUT2D eigenvalue weighted by Crippen LogP contribution is 2.19. The van der Waals surface area contributed by atoms with Crippen LogP contribution in [-0.4, -0.2) is 22.8 Å². The predicted octanol–water partition coefficient (Wildman–Crippen LogP) is 0.561. The maximum absolute atomic E-state index is 11.4. The Hall–Kier alpha value is -2.72. The number of Topliss-reactive ketones (excluding diaryl/α,β-unsaturated/α-hetero) is 1. The van der Waals surface area contributed by atoms with Crippen molar-refractivity contribution in [2.45, 2.75) is 6.92 Å². The van der Waals surface area contributed by atoms with Crippen LogP contribution in [0.3, 0.4) is 0 Å². The first kappa shape index (κ1) is 13.3. The van der Waals surface area contributed by atoms with Crippen LogP contribution in [0.15, 0.2) is 24.4 Å². The number of ketones is 1. The number of nitrogens with one attached hydrogen (secondary N) is 1. The molecule has 0 radical (unpaired) electrons. The van der Waals surface area contributed by atoms with Crippen molar-refractivity contribution in [3.8, 4) is 0 Å². The fourth-order valence-electron chi connectivity index (χ4n) is 1.56. The zero-order valence-electron chi connectivity index (χ0n) is 9.52. The van der Waals surface area contributed by atoms with E-state index in [2.05, 4.69) is 4.98 Å². The summed E-state index contributed by atoms with van der Waals surface area (Å²) in [5.74, 6) is -1.60. The van der Waals surface area contributed by atoms with E-state index >= 15 is 0 Å². The Balaban J connectivity index is 0.000000492. The molecule has 1 amide bonds. The van der Waals surface area contributed by atoms with E-state index in [1.165, 1.54) is 6.20 Å². The van der Waals surface area contributed by atoms with Gasteiger partial charge in [0.1, 0.15) is 0 Å². The van der Waals surface area contributed by atoms with Gasteiger partial charge in [-0.15, -0.1) is 0 Å². The van der Waals surface area contributed by atoms with Crippen LogP contribution in [-0.2, 0) is 14.4 Å². The van der Waals surface area contributed by atoms with E-state index in [0.717, 1.165) is 16.5 Å². The molecule has 0 aliphatic carbocycles. The number of carbonyl (C=O) groups excluding carboxylic acids is 4. The van der Waals surface area contributed by atoms with Gasteiger partial charge in [0.25, 0.3) is 11.7 Å². The minimum Gasteiger partial charge on any atom is -0.363 e. The van der Waals surface area contributed by atoms with Crippen LogP contribution >= 0.6 is 0 Å². The van der Waals surface area contributed by atoms with Gasteiger partial charge in [0.2, 0.25) is 0 Å². The molecule has 0 spiro atoms. The number of primary amides is 1. The number of carbonyl (C=O) groups is 2. The lowest BCUT2D eigenvalue weighted by Crippen LogP contribution is -2.22. The molecule has 0 aliphatic rings. The van der Waals surface area contributed by atoms with E-state index in [9.17, 15) is 9.59 Å². The normalized spacial score (nSPS) is 9.17. The van der Waals surface area contributed by atoms with Crippen LogP contribution in [0.2, 0.25) is 0 Å². The molecule has 0 saturated heterocycles. The molecule has 2 rings (SSSR count). The second-order valence-corrected chi connectivity index (χ2v) is 3.53. The summed E-state index contributed by atoms with van der Waals surface area (Å²) in [5.41, 5.74) is 7.20. The molecule has 0 saturated carbocycles. The third-order valence-electron chi connectivity index (χ3n) is 2.31. The van der Waals surface area contributed by atoms with E-state index in [1.807, 2.05) is 19.1 Å². The molecule has 3 N–H and O–H groups in total. The van der Waals surface area contributed by atoms with Crippen LogP contribution < -0.4 is 5.73 Å². The monoisotopic (exact) mass is 246 g/mol. The second kappa shape index (κ2) is 5.56. The highest BCUT2D eigenvalue weighted by Gasteiger charge is 2.16. The number of amides is 1. The van der Waals surface area contributed by atoms with Crippen molar-refractivity contribution >= 4 is 28.7 Å². The molecule has 92 valence electrons. The first-order chi connectivity index (χ1) is 8.51. The average molecular weight is 246 g/mol. The summed E-state index contributed by atoms with van der Waals surface area (Å²) in [6.07, 6.45) is 1.76. The SMILES string of the molecule is Cc1ccc2c(C(=O)C(N)=O)c[nH]c2c1.O=C=O. The van der Waals surface area contributed by atoms with Gasteiger partial charge < -0.3 is 10.7 Å².